The number of likely N-dealkylation sites (N-methyl/N-ethyl adjacent to an activating group) is 1. The molecule has 9 nitrogen and oxygen atoms in total. The molecule has 1 aromatic heterocycles. The molecule has 2 aromatic rings. The number of nitrogens with one attached hydrogen (secondary N) is 1. The Morgan fingerprint density at radius 1 is 1.20 bits per heavy atom. The lowest BCUT2D eigenvalue weighted by Gasteiger charge is -2.23. The number of carbonyl (C=O) groups is 2. The van der Waals surface area contributed by atoms with Crippen molar-refractivity contribution in [2.24, 2.45) is 5.92 Å². The van der Waals surface area contributed by atoms with Crippen LogP contribution >= 0.6 is 0 Å². The summed E-state index contributed by atoms with van der Waals surface area (Å²) in [5.41, 5.74) is 5.34. The molecule has 0 unspecified atom stereocenters. The van der Waals surface area contributed by atoms with E-state index in [1.807, 2.05) is 44.2 Å². The maximum atomic E-state index is 12.6. The highest BCUT2D eigenvalue weighted by Gasteiger charge is 2.24. The quantitative estimate of drug-likeness (QED) is 0.596. The van der Waals surface area contributed by atoms with Crippen LogP contribution in [0.2, 0.25) is 0 Å². The summed E-state index contributed by atoms with van der Waals surface area (Å²) in [6.07, 6.45) is 0.864. The molecule has 9 heteroatoms. The van der Waals surface area contributed by atoms with Gasteiger partial charge in [-0.15, -0.1) is 0 Å². The van der Waals surface area contributed by atoms with E-state index in [0.29, 0.717) is 12.3 Å². The van der Waals surface area contributed by atoms with Gasteiger partial charge >= 0.3 is 11.7 Å². The number of amides is 1. The number of hydrogen-bond donors (Lipinski definition) is 2. The number of benzene rings is 1. The lowest BCUT2D eigenvalue weighted by molar-refractivity contribution is -0.148. The zero-order valence-corrected chi connectivity index (χ0v) is 17.5. The van der Waals surface area contributed by atoms with Gasteiger partial charge in [-0.3, -0.25) is 23.9 Å². The number of H-pyrrole nitrogens is 1. The predicted octanol–water partition coefficient (Wildman–Crippen LogP) is 1.50. The number of hydrogen-bond acceptors (Lipinski definition) is 6. The highest BCUT2D eigenvalue weighted by Crippen LogP contribution is 2.18. The number of carbonyl (C=O) groups excluding carboxylic acids is 2. The average Bonchev–Trinajstić information content (AvgIpc) is 2.71. The highest BCUT2D eigenvalue weighted by molar-refractivity contribution is 5.97. The van der Waals surface area contributed by atoms with E-state index in [4.69, 9.17) is 10.5 Å². The molecule has 30 heavy (non-hydrogen) atoms. The van der Waals surface area contributed by atoms with E-state index in [-0.39, 0.29) is 31.0 Å². The Morgan fingerprint density at radius 2 is 1.87 bits per heavy atom. The SMILES string of the molecule is CCN(C(=O)COC(=O)CCC(C)C)c1c(N)n(Cc2ccccc2)c(=O)[nH]c1=O. The predicted molar refractivity (Wildman–Crippen MR) is 114 cm³/mol. The zero-order chi connectivity index (χ0) is 22.3. The molecule has 0 spiro atoms. The first kappa shape index (κ1) is 22.9. The molecule has 0 saturated carbocycles. The average molecular weight is 416 g/mol. The van der Waals surface area contributed by atoms with Crippen molar-refractivity contribution in [1.29, 1.82) is 0 Å². The van der Waals surface area contributed by atoms with Gasteiger partial charge in [0.05, 0.1) is 6.54 Å². The Kier molecular flexibility index (Phi) is 7.97. The molecule has 0 bridgehead atoms. The van der Waals surface area contributed by atoms with Gasteiger partial charge in [-0.1, -0.05) is 44.2 Å². The van der Waals surface area contributed by atoms with Crippen LogP contribution in [0.3, 0.4) is 0 Å². The highest BCUT2D eigenvalue weighted by atomic mass is 16.5. The largest absolute Gasteiger partial charge is 0.456 e. The van der Waals surface area contributed by atoms with Crippen molar-refractivity contribution in [2.45, 2.75) is 40.2 Å². The molecular weight excluding hydrogens is 388 g/mol. The topological polar surface area (TPSA) is 127 Å². The Hall–Kier alpha value is -3.36. The van der Waals surface area contributed by atoms with Crippen LogP contribution in [0.5, 0.6) is 0 Å². The van der Waals surface area contributed by atoms with Gasteiger partial charge in [0.1, 0.15) is 5.82 Å². The van der Waals surface area contributed by atoms with Crippen molar-refractivity contribution in [3.8, 4) is 0 Å². The molecule has 1 amide bonds. The maximum absolute atomic E-state index is 12.6. The lowest BCUT2D eigenvalue weighted by atomic mass is 10.1. The van der Waals surface area contributed by atoms with E-state index in [0.717, 1.165) is 10.5 Å². The Bertz CT molecular complexity index is 995. The summed E-state index contributed by atoms with van der Waals surface area (Å²) >= 11 is 0. The van der Waals surface area contributed by atoms with Crippen molar-refractivity contribution in [3.63, 3.8) is 0 Å². The smallest absolute Gasteiger partial charge is 0.330 e. The maximum Gasteiger partial charge on any atom is 0.330 e. The number of esters is 1. The van der Waals surface area contributed by atoms with E-state index >= 15 is 0 Å². The summed E-state index contributed by atoms with van der Waals surface area (Å²) in [6, 6.07) is 9.11. The van der Waals surface area contributed by atoms with Crippen molar-refractivity contribution in [1.82, 2.24) is 9.55 Å². The summed E-state index contributed by atoms with van der Waals surface area (Å²) in [5.74, 6) is -0.875. The second kappa shape index (κ2) is 10.4. The standard InChI is InChI=1S/C21H28N4O5/c1-4-24(16(26)13-30-17(27)11-10-14(2)3)18-19(22)25(21(29)23-20(18)28)12-15-8-6-5-7-9-15/h5-9,14H,4,10-13,22H2,1-3H3,(H,23,28,29). The van der Waals surface area contributed by atoms with Crippen molar-refractivity contribution in [2.75, 3.05) is 23.8 Å². The van der Waals surface area contributed by atoms with Gasteiger partial charge in [0.25, 0.3) is 11.5 Å². The fraction of sp³-hybridized carbons (Fsp3) is 0.429. The third-order valence-corrected chi connectivity index (χ3v) is 4.57. The Labute approximate surface area is 174 Å². The number of aromatic nitrogens is 2. The molecule has 162 valence electrons. The zero-order valence-electron chi connectivity index (χ0n) is 17.5. The third kappa shape index (κ3) is 5.82. The minimum Gasteiger partial charge on any atom is -0.456 e. The fourth-order valence-electron chi connectivity index (χ4n) is 2.92. The second-order valence-electron chi connectivity index (χ2n) is 7.30. The minimum absolute atomic E-state index is 0.110. The molecule has 0 fully saturated rings. The molecule has 2 rings (SSSR count). The minimum atomic E-state index is -0.775. The molecule has 1 heterocycles. The van der Waals surface area contributed by atoms with Crippen LogP contribution in [0.25, 0.3) is 0 Å². The monoisotopic (exact) mass is 416 g/mol. The van der Waals surface area contributed by atoms with Gasteiger partial charge in [-0.25, -0.2) is 4.79 Å². The first-order chi connectivity index (χ1) is 14.2. The van der Waals surface area contributed by atoms with Crippen LogP contribution < -0.4 is 21.9 Å². The van der Waals surface area contributed by atoms with Crippen molar-refractivity contribution >= 4 is 23.4 Å². The number of nitrogens with two attached hydrogens (primary N) is 1. The van der Waals surface area contributed by atoms with E-state index in [1.54, 1.807) is 6.92 Å². The molecule has 0 aliphatic rings. The van der Waals surface area contributed by atoms with Gasteiger partial charge in [0.15, 0.2) is 12.3 Å². The van der Waals surface area contributed by atoms with E-state index in [1.165, 1.54) is 4.57 Å². The molecule has 0 aliphatic carbocycles. The number of aromatic amines is 1. The summed E-state index contributed by atoms with van der Waals surface area (Å²) in [7, 11) is 0. The molecule has 0 saturated heterocycles. The van der Waals surface area contributed by atoms with Crippen molar-refractivity contribution < 1.29 is 14.3 Å². The van der Waals surface area contributed by atoms with E-state index in [2.05, 4.69) is 4.98 Å². The van der Waals surface area contributed by atoms with Crippen LogP contribution in [0.15, 0.2) is 39.9 Å². The molecular formula is C21H28N4O5. The number of nitrogen functional groups attached to an aromatic ring is 1. The molecule has 3 N–H and O–H groups in total. The summed E-state index contributed by atoms with van der Waals surface area (Å²) in [5, 5.41) is 0. The molecule has 0 radical (unpaired) electrons. The number of ether oxygens (including phenoxy) is 1. The first-order valence-electron chi connectivity index (χ1n) is 9.87. The Balaban J connectivity index is 2.25. The summed E-state index contributed by atoms with van der Waals surface area (Å²) in [4.78, 5) is 52.5. The number of anilines is 2. The van der Waals surface area contributed by atoms with E-state index < -0.39 is 29.7 Å². The first-order valence-corrected chi connectivity index (χ1v) is 9.87. The number of nitrogens with zero attached hydrogens (tertiary/aromatic N) is 2. The normalized spacial score (nSPS) is 10.8. The van der Waals surface area contributed by atoms with Gasteiger partial charge < -0.3 is 15.4 Å². The van der Waals surface area contributed by atoms with Gasteiger partial charge in [0.2, 0.25) is 0 Å². The fourth-order valence-corrected chi connectivity index (χ4v) is 2.92. The Morgan fingerprint density at radius 3 is 2.47 bits per heavy atom. The summed E-state index contributed by atoms with van der Waals surface area (Å²) < 4.78 is 6.23. The third-order valence-electron chi connectivity index (χ3n) is 4.57. The van der Waals surface area contributed by atoms with E-state index in [9.17, 15) is 19.2 Å². The van der Waals surface area contributed by atoms with Crippen LogP contribution in [0.4, 0.5) is 11.5 Å². The lowest BCUT2D eigenvalue weighted by Crippen LogP contribution is -2.42. The number of rotatable bonds is 9. The van der Waals surface area contributed by atoms with Crippen LogP contribution in [-0.2, 0) is 20.9 Å². The second-order valence-corrected chi connectivity index (χ2v) is 7.30. The van der Waals surface area contributed by atoms with Crippen LogP contribution in [0.1, 0.15) is 39.2 Å². The molecule has 0 atom stereocenters. The molecule has 1 aromatic carbocycles. The van der Waals surface area contributed by atoms with Gasteiger partial charge in [0, 0.05) is 13.0 Å². The summed E-state index contributed by atoms with van der Waals surface area (Å²) in [6.45, 7) is 5.35. The van der Waals surface area contributed by atoms with Crippen LogP contribution in [-0.4, -0.2) is 34.6 Å². The van der Waals surface area contributed by atoms with Crippen LogP contribution in [0, 0.1) is 5.92 Å². The molecule has 0 aliphatic heterocycles. The van der Waals surface area contributed by atoms with Gasteiger partial charge in [-0.05, 0) is 24.8 Å². The van der Waals surface area contributed by atoms with Crippen molar-refractivity contribution in [3.05, 3.63) is 56.7 Å². The van der Waals surface area contributed by atoms with Gasteiger partial charge in [-0.2, -0.15) is 0 Å².